The number of carbonyl (C=O) groups excluding carboxylic acids is 1. The van der Waals surface area contributed by atoms with E-state index in [9.17, 15) is 15.0 Å². The molecule has 4 rings (SSSR count). The van der Waals surface area contributed by atoms with Crippen molar-refractivity contribution in [2.45, 2.75) is 110 Å². The molecule has 46 heavy (non-hydrogen) atoms. The molecule has 4 nitrogen and oxygen atoms in total. The Morgan fingerprint density at radius 2 is 0.935 bits per heavy atom. The van der Waals surface area contributed by atoms with E-state index in [4.69, 9.17) is 4.74 Å². The van der Waals surface area contributed by atoms with Crippen molar-refractivity contribution >= 4 is 5.97 Å². The van der Waals surface area contributed by atoms with Crippen LogP contribution in [0, 0.1) is 0 Å². The van der Waals surface area contributed by atoms with Crippen molar-refractivity contribution in [3.63, 3.8) is 0 Å². The zero-order chi connectivity index (χ0) is 33.6. The summed E-state index contributed by atoms with van der Waals surface area (Å²) in [6, 6.07) is 27.8. The fourth-order valence-electron chi connectivity index (χ4n) is 6.36. The second kappa shape index (κ2) is 15.0. The summed E-state index contributed by atoms with van der Waals surface area (Å²) in [5.41, 5.74) is 6.57. The number of phenolic OH excluding ortho intramolecular Hbond substituents is 2. The van der Waals surface area contributed by atoms with Gasteiger partial charge in [-0.25, -0.2) is 4.79 Å². The average molecular weight is 621 g/mol. The number of rotatable bonds is 13. The minimum Gasteiger partial charge on any atom is -0.507 e. The summed E-state index contributed by atoms with van der Waals surface area (Å²) >= 11 is 0. The van der Waals surface area contributed by atoms with Gasteiger partial charge in [0, 0.05) is 0 Å². The van der Waals surface area contributed by atoms with Gasteiger partial charge in [0.25, 0.3) is 0 Å². The molecule has 0 aliphatic heterocycles. The maximum Gasteiger partial charge on any atom is 0.339 e. The van der Waals surface area contributed by atoms with Gasteiger partial charge in [-0.1, -0.05) is 128 Å². The number of phenols is 2. The molecule has 0 aliphatic rings. The van der Waals surface area contributed by atoms with Crippen LogP contribution in [0.4, 0.5) is 0 Å². The van der Waals surface area contributed by atoms with Crippen LogP contribution >= 0.6 is 0 Å². The van der Waals surface area contributed by atoms with E-state index in [2.05, 4.69) is 91.8 Å². The van der Waals surface area contributed by atoms with Gasteiger partial charge in [-0.15, -0.1) is 0 Å². The lowest BCUT2D eigenvalue weighted by atomic mass is 9.80. The largest absolute Gasteiger partial charge is 0.507 e. The molecule has 0 bridgehead atoms. The van der Waals surface area contributed by atoms with E-state index in [1.54, 1.807) is 12.1 Å². The molecule has 0 aliphatic carbocycles. The van der Waals surface area contributed by atoms with Gasteiger partial charge in [-0.2, -0.15) is 0 Å². The van der Waals surface area contributed by atoms with Crippen LogP contribution < -0.4 is 0 Å². The third-order valence-electron chi connectivity index (χ3n) is 9.18. The summed E-state index contributed by atoms with van der Waals surface area (Å²) in [7, 11) is 0. The molecule has 0 heterocycles. The van der Waals surface area contributed by atoms with Crippen molar-refractivity contribution < 1.29 is 19.7 Å². The van der Waals surface area contributed by atoms with E-state index in [0.717, 1.165) is 38.9 Å². The fourth-order valence-corrected chi connectivity index (χ4v) is 6.36. The first kappa shape index (κ1) is 34.8. The van der Waals surface area contributed by atoms with Gasteiger partial charge in [0.15, 0.2) is 0 Å². The zero-order valence-corrected chi connectivity index (χ0v) is 28.9. The Morgan fingerprint density at radius 3 is 1.28 bits per heavy atom. The van der Waals surface area contributed by atoms with Gasteiger partial charge >= 0.3 is 5.97 Å². The second-order valence-electron chi connectivity index (χ2n) is 14.0. The molecule has 4 aromatic carbocycles. The third kappa shape index (κ3) is 8.02. The lowest BCUT2D eigenvalue weighted by Gasteiger charge is -2.35. The fraction of sp³-hybridized carbons (Fsp3) is 0.405. The van der Waals surface area contributed by atoms with Crippen LogP contribution in [0.3, 0.4) is 0 Å². The predicted molar refractivity (Wildman–Crippen MR) is 189 cm³/mol. The van der Waals surface area contributed by atoms with Crippen LogP contribution in [0.1, 0.15) is 141 Å². The summed E-state index contributed by atoms with van der Waals surface area (Å²) in [6.45, 7) is 16.8. The standard InChI is InChI=1S/C42H52O4/c1-27(2)35-23-31(24-36(28(3)4)39(35)43)19-21-42(34-17-13-10-14-18-34,46-41(45)33-15-11-9-12-16-33)22-20-32-25-37(29(5)6)40(44)38(26-32)30(7)8/h9-18,23-30,43-44H,19-22H2,1-8H3. The highest BCUT2D eigenvalue weighted by Gasteiger charge is 2.37. The van der Waals surface area contributed by atoms with Crippen LogP contribution in [0.25, 0.3) is 0 Å². The Balaban J connectivity index is 1.82. The number of aryl methyl sites for hydroxylation is 2. The zero-order valence-electron chi connectivity index (χ0n) is 28.9. The first-order valence-electron chi connectivity index (χ1n) is 16.9. The monoisotopic (exact) mass is 620 g/mol. The summed E-state index contributed by atoms with van der Waals surface area (Å²) in [5.74, 6) is 1.11. The minimum absolute atomic E-state index is 0.173. The van der Waals surface area contributed by atoms with Crippen LogP contribution in [0.5, 0.6) is 11.5 Å². The molecule has 0 unspecified atom stereocenters. The van der Waals surface area contributed by atoms with Crippen molar-refractivity contribution in [3.05, 3.63) is 129 Å². The van der Waals surface area contributed by atoms with Crippen molar-refractivity contribution in [2.75, 3.05) is 0 Å². The molecule has 2 N–H and O–H groups in total. The Labute approximate surface area is 276 Å². The van der Waals surface area contributed by atoms with Crippen molar-refractivity contribution in [3.8, 4) is 11.5 Å². The number of hydrogen-bond acceptors (Lipinski definition) is 4. The Bertz CT molecular complexity index is 1470. The quantitative estimate of drug-likeness (QED) is 0.146. The highest BCUT2D eigenvalue weighted by atomic mass is 16.6. The summed E-state index contributed by atoms with van der Waals surface area (Å²) in [4.78, 5) is 13.8. The maximum absolute atomic E-state index is 13.8. The van der Waals surface area contributed by atoms with Gasteiger partial charge in [0.2, 0.25) is 0 Å². The lowest BCUT2D eigenvalue weighted by molar-refractivity contribution is -0.0311. The average Bonchev–Trinajstić information content (AvgIpc) is 3.03. The van der Waals surface area contributed by atoms with E-state index >= 15 is 0 Å². The van der Waals surface area contributed by atoms with Gasteiger partial charge in [0.05, 0.1) is 5.56 Å². The molecule has 244 valence electrons. The highest BCUT2D eigenvalue weighted by molar-refractivity contribution is 5.89. The summed E-state index contributed by atoms with van der Waals surface area (Å²) < 4.78 is 6.67. The molecule has 0 atom stereocenters. The molecule has 4 aromatic rings. The molecule has 0 saturated heterocycles. The maximum atomic E-state index is 13.8. The van der Waals surface area contributed by atoms with Crippen molar-refractivity contribution in [1.82, 2.24) is 0 Å². The van der Waals surface area contributed by atoms with E-state index in [-0.39, 0.29) is 29.6 Å². The van der Waals surface area contributed by atoms with Crippen molar-refractivity contribution in [1.29, 1.82) is 0 Å². The molecule has 0 radical (unpaired) electrons. The number of benzene rings is 4. The normalized spacial score (nSPS) is 12.0. The molecule has 0 spiro atoms. The van der Waals surface area contributed by atoms with Gasteiger partial charge in [-0.3, -0.25) is 0 Å². The third-order valence-corrected chi connectivity index (χ3v) is 9.18. The van der Waals surface area contributed by atoms with E-state index < -0.39 is 5.60 Å². The lowest BCUT2D eigenvalue weighted by Crippen LogP contribution is -2.34. The van der Waals surface area contributed by atoms with Gasteiger partial charge in [-0.05, 0) is 100 Å². The van der Waals surface area contributed by atoms with Crippen LogP contribution in [-0.4, -0.2) is 16.2 Å². The van der Waals surface area contributed by atoms with E-state index in [0.29, 0.717) is 42.7 Å². The number of ether oxygens (including phenoxy) is 1. The van der Waals surface area contributed by atoms with Crippen LogP contribution in [-0.2, 0) is 23.2 Å². The van der Waals surface area contributed by atoms with Crippen LogP contribution in [0.15, 0.2) is 84.9 Å². The number of aromatic hydroxyl groups is 2. The van der Waals surface area contributed by atoms with Gasteiger partial charge < -0.3 is 14.9 Å². The number of carbonyl (C=O) groups is 1. The van der Waals surface area contributed by atoms with Gasteiger partial charge in [0.1, 0.15) is 17.1 Å². The second-order valence-corrected chi connectivity index (χ2v) is 14.0. The molecular formula is C42H52O4. The highest BCUT2D eigenvalue weighted by Crippen LogP contribution is 2.41. The Morgan fingerprint density at radius 1 is 0.587 bits per heavy atom. The molecular weight excluding hydrogens is 568 g/mol. The van der Waals surface area contributed by atoms with Crippen LogP contribution in [0.2, 0.25) is 0 Å². The van der Waals surface area contributed by atoms with E-state index in [1.807, 2.05) is 36.4 Å². The van der Waals surface area contributed by atoms with Crippen molar-refractivity contribution in [2.24, 2.45) is 0 Å². The first-order chi connectivity index (χ1) is 21.8. The smallest absolute Gasteiger partial charge is 0.339 e. The SMILES string of the molecule is CC(C)c1cc(CCC(CCc2cc(C(C)C)c(O)c(C(C)C)c2)(OC(=O)c2ccccc2)c2ccccc2)cc(C(C)C)c1O. The number of esters is 1. The molecule has 0 aromatic heterocycles. The first-order valence-corrected chi connectivity index (χ1v) is 16.9. The topological polar surface area (TPSA) is 66.8 Å². The molecule has 4 heteroatoms. The minimum atomic E-state index is -0.921. The summed E-state index contributed by atoms with van der Waals surface area (Å²) in [6.07, 6.45) is 2.48. The summed E-state index contributed by atoms with van der Waals surface area (Å²) in [5, 5.41) is 22.1. The molecule has 0 fully saturated rings. The Kier molecular flexibility index (Phi) is 11.4. The number of hydrogen-bond donors (Lipinski definition) is 2. The molecule has 0 saturated carbocycles. The predicted octanol–water partition coefficient (Wildman–Crippen LogP) is 10.9. The van der Waals surface area contributed by atoms with E-state index in [1.165, 1.54) is 0 Å². The molecule has 0 amide bonds. The Hall–Kier alpha value is -4.05.